The second kappa shape index (κ2) is 7.95. The predicted molar refractivity (Wildman–Crippen MR) is 106 cm³/mol. The summed E-state index contributed by atoms with van der Waals surface area (Å²) in [6.07, 6.45) is 1.87. The molecule has 29 heavy (non-hydrogen) atoms. The van der Waals surface area contributed by atoms with Crippen LogP contribution in [-0.4, -0.2) is 32.0 Å². The lowest BCUT2D eigenvalue weighted by atomic mass is 9.54. The molecule has 1 aromatic carbocycles. The van der Waals surface area contributed by atoms with E-state index in [1.54, 1.807) is 12.1 Å². The van der Waals surface area contributed by atoms with Gasteiger partial charge in [0.15, 0.2) is 16.9 Å². The molecule has 1 aliphatic carbocycles. The van der Waals surface area contributed by atoms with Crippen LogP contribution >= 0.6 is 0 Å². The number of ether oxygens (including phenoxy) is 2. The number of nitrogens with zero attached hydrogens (tertiary/aromatic N) is 3. The van der Waals surface area contributed by atoms with Crippen molar-refractivity contribution >= 4 is 5.71 Å². The minimum absolute atomic E-state index is 0.0385. The largest absolute Gasteiger partial charge is 0.493 e. The number of hydrogen-bond acceptors (Lipinski definition) is 7. The van der Waals surface area contributed by atoms with Gasteiger partial charge in [0, 0.05) is 24.9 Å². The van der Waals surface area contributed by atoms with E-state index in [4.69, 9.17) is 14.9 Å². The summed E-state index contributed by atoms with van der Waals surface area (Å²) >= 11 is 0. The van der Waals surface area contributed by atoms with Gasteiger partial charge in [0.2, 0.25) is 0 Å². The Morgan fingerprint density at radius 2 is 1.93 bits per heavy atom. The summed E-state index contributed by atoms with van der Waals surface area (Å²) < 4.78 is 11.3. The van der Waals surface area contributed by atoms with Gasteiger partial charge < -0.3 is 20.2 Å². The molecule has 0 radical (unpaired) electrons. The lowest BCUT2D eigenvalue weighted by Crippen LogP contribution is -2.52. The Balaban J connectivity index is 2.20. The zero-order valence-electron chi connectivity index (χ0n) is 16.7. The van der Waals surface area contributed by atoms with Gasteiger partial charge in [-0.1, -0.05) is 12.1 Å². The van der Waals surface area contributed by atoms with Crippen LogP contribution in [0.5, 0.6) is 11.5 Å². The van der Waals surface area contributed by atoms with Gasteiger partial charge in [0.1, 0.15) is 5.92 Å². The van der Waals surface area contributed by atoms with E-state index in [2.05, 4.69) is 23.5 Å². The highest BCUT2D eigenvalue weighted by molar-refractivity contribution is 6.00. The standard InChI is InChI=1S/C22H23N5O2/c1-13(2)29-18-5-4-14(8-19(18)28-3)20-17-10-27-7-6-15(17)16(9-23)21(26)22(20,11-24)12-25/h4-6,8,13,16-17,20,26-27H,7,10H2,1-3H3/t16-,17-,20-/m0/s1. The molecule has 1 aromatic rings. The minimum atomic E-state index is -1.73. The number of nitriles is 3. The number of nitrogens with one attached hydrogen (secondary N) is 2. The number of methoxy groups -OCH3 is 1. The third-order valence-corrected chi connectivity index (χ3v) is 5.58. The first-order valence-corrected chi connectivity index (χ1v) is 9.49. The SMILES string of the molecule is COc1cc([C@H]2[C@H]3CNCC=C3[C@H](C#N)C(=N)C2(C#N)C#N)ccc1OC(C)C. The van der Waals surface area contributed by atoms with Crippen LogP contribution < -0.4 is 14.8 Å². The van der Waals surface area contributed by atoms with Crippen molar-refractivity contribution in [3.63, 3.8) is 0 Å². The van der Waals surface area contributed by atoms with Crippen molar-refractivity contribution in [2.75, 3.05) is 20.2 Å². The monoisotopic (exact) mass is 389 g/mol. The summed E-state index contributed by atoms with van der Waals surface area (Å²) in [5.41, 5.74) is -0.362. The molecule has 0 spiro atoms. The van der Waals surface area contributed by atoms with E-state index in [-0.39, 0.29) is 17.7 Å². The predicted octanol–water partition coefficient (Wildman–Crippen LogP) is 2.92. The summed E-state index contributed by atoms with van der Waals surface area (Å²) in [5, 5.41) is 41.6. The normalized spacial score (nSPS) is 25.1. The average Bonchev–Trinajstić information content (AvgIpc) is 2.73. The van der Waals surface area contributed by atoms with Crippen molar-refractivity contribution in [1.29, 1.82) is 21.2 Å². The Morgan fingerprint density at radius 1 is 1.21 bits per heavy atom. The lowest BCUT2D eigenvalue weighted by Gasteiger charge is -2.45. The fraction of sp³-hybridized carbons (Fsp3) is 0.455. The maximum Gasteiger partial charge on any atom is 0.189 e. The summed E-state index contributed by atoms with van der Waals surface area (Å²) in [6, 6.07) is 11.7. The van der Waals surface area contributed by atoms with Crippen molar-refractivity contribution < 1.29 is 9.47 Å². The van der Waals surface area contributed by atoms with Crippen molar-refractivity contribution in [2.45, 2.75) is 25.9 Å². The number of fused-ring (bicyclic) bond motifs is 1. The van der Waals surface area contributed by atoms with Gasteiger partial charge in [-0.2, -0.15) is 15.8 Å². The molecular weight excluding hydrogens is 366 g/mol. The molecule has 1 fully saturated rings. The van der Waals surface area contributed by atoms with E-state index in [0.717, 1.165) is 5.57 Å². The highest BCUT2D eigenvalue weighted by atomic mass is 16.5. The smallest absolute Gasteiger partial charge is 0.189 e. The third-order valence-electron chi connectivity index (χ3n) is 5.58. The van der Waals surface area contributed by atoms with E-state index < -0.39 is 17.3 Å². The van der Waals surface area contributed by atoms with Gasteiger partial charge in [-0.3, -0.25) is 0 Å². The second-order valence-corrected chi connectivity index (χ2v) is 7.53. The molecule has 2 N–H and O–H groups in total. The lowest BCUT2D eigenvalue weighted by molar-refractivity contribution is 0.229. The molecule has 1 heterocycles. The Morgan fingerprint density at radius 3 is 2.52 bits per heavy atom. The Hall–Kier alpha value is -3.34. The molecule has 1 saturated carbocycles. The Bertz CT molecular complexity index is 962. The molecule has 0 amide bonds. The zero-order valence-corrected chi connectivity index (χ0v) is 16.7. The Kier molecular flexibility index (Phi) is 5.59. The van der Waals surface area contributed by atoms with Gasteiger partial charge >= 0.3 is 0 Å². The van der Waals surface area contributed by atoms with E-state index in [0.29, 0.717) is 30.2 Å². The van der Waals surface area contributed by atoms with Crippen LogP contribution in [0.1, 0.15) is 25.3 Å². The maximum atomic E-state index is 10.0. The third kappa shape index (κ3) is 3.23. The van der Waals surface area contributed by atoms with Gasteiger partial charge in [0.05, 0.1) is 37.1 Å². The number of benzene rings is 1. The molecule has 0 aromatic heterocycles. The molecule has 7 heteroatoms. The van der Waals surface area contributed by atoms with Crippen molar-refractivity contribution in [3.05, 3.63) is 35.4 Å². The Labute approximate surface area is 170 Å². The number of rotatable bonds is 4. The van der Waals surface area contributed by atoms with E-state index in [9.17, 15) is 15.8 Å². The van der Waals surface area contributed by atoms with Gasteiger partial charge in [-0.05, 0) is 37.1 Å². The zero-order chi connectivity index (χ0) is 21.2. The summed E-state index contributed by atoms with van der Waals surface area (Å²) in [6.45, 7) is 4.96. The van der Waals surface area contributed by atoms with Gasteiger partial charge in [-0.25, -0.2) is 0 Å². The fourth-order valence-electron chi connectivity index (χ4n) is 4.34. The summed E-state index contributed by atoms with van der Waals surface area (Å²) in [4.78, 5) is 0. The van der Waals surface area contributed by atoms with E-state index in [1.807, 2.05) is 26.0 Å². The van der Waals surface area contributed by atoms with Crippen molar-refractivity contribution in [1.82, 2.24) is 5.32 Å². The first-order valence-electron chi connectivity index (χ1n) is 9.49. The van der Waals surface area contributed by atoms with Crippen molar-refractivity contribution in [3.8, 4) is 29.7 Å². The summed E-state index contributed by atoms with van der Waals surface area (Å²) in [7, 11) is 1.54. The molecule has 7 nitrogen and oxygen atoms in total. The van der Waals surface area contributed by atoms with Crippen LogP contribution in [0.25, 0.3) is 0 Å². The van der Waals surface area contributed by atoms with E-state index in [1.165, 1.54) is 7.11 Å². The maximum absolute atomic E-state index is 10.0. The topological polar surface area (TPSA) is 126 Å². The molecule has 2 aliphatic rings. The van der Waals surface area contributed by atoms with E-state index >= 15 is 0 Å². The molecule has 3 rings (SSSR count). The number of hydrogen-bond donors (Lipinski definition) is 2. The fourth-order valence-corrected chi connectivity index (χ4v) is 4.34. The van der Waals surface area contributed by atoms with Crippen LogP contribution in [0.15, 0.2) is 29.8 Å². The molecule has 1 aliphatic heterocycles. The molecule has 0 bridgehead atoms. The first kappa shape index (κ1) is 20.4. The van der Waals surface area contributed by atoms with Crippen LogP contribution in [0.2, 0.25) is 0 Å². The quantitative estimate of drug-likeness (QED) is 0.763. The molecule has 3 atom stereocenters. The highest BCUT2D eigenvalue weighted by Crippen LogP contribution is 2.53. The molecule has 148 valence electrons. The van der Waals surface area contributed by atoms with Crippen LogP contribution in [0, 0.1) is 56.7 Å². The molecule has 0 unspecified atom stereocenters. The average molecular weight is 389 g/mol. The second-order valence-electron chi connectivity index (χ2n) is 7.53. The summed E-state index contributed by atoms with van der Waals surface area (Å²) in [5.74, 6) is -0.629. The highest BCUT2D eigenvalue weighted by Gasteiger charge is 2.57. The van der Waals surface area contributed by atoms with Crippen LogP contribution in [0.4, 0.5) is 0 Å². The van der Waals surface area contributed by atoms with Crippen LogP contribution in [0.3, 0.4) is 0 Å². The van der Waals surface area contributed by atoms with Gasteiger partial charge in [0.25, 0.3) is 0 Å². The molecule has 0 saturated heterocycles. The first-order chi connectivity index (χ1) is 13.9. The minimum Gasteiger partial charge on any atom is -0.493 e. The van der Waals surface area contributed by atoms with Gasteiger partial charge in [-0.15, -0.1) is 0 Å². The molecular formula is C22H23N5O2. The van der Waals surface area contributed by atoms with Crippen molar-refractivity contribution in [2.24, 2.45) is 17.3 Å². The van der Waals surface area contributed by atoms with Crippen LogP contribution in [-0.2, 0) is 0 Å².